The molecular formula is C23H25N3O3. The summed E-state index contributed by atoms with van der Waals surface area (Å²) in [4.78, 5) is 41.4. The van der Waals surface area contributed by atoms with Crippen molar-refractivity contribution in [2.75, 3.05) is 16.3 Å². The van der Waals surface area contributed by atoms with Crippen LogP contribution in [0.15, 0.2) is 42.5 Å². The Balaban J connectivity index is 1.61. The highest BCUT2D eigenvalue weighted by atomic mass is 16.2. The van der Waals surface area contributed by atoms with Crippen molar-refractivity contribution in [2.45, 2.75) is 45.7 Å². The molecule has 4 rings (SSSR count). The highest BCUT2D eigenvalue weighted by Gasteiger charge is 2.44. The van der Waals surface area contributed by atoms with E-state index in [2.05, 4.69) is 5.32 Å². The van der Waals surface area contributed by atoms with E-state index >= 15 is 0 Å². The lowest BCUT2D eigenvalue weighted by atomic mass is 10.0. The van der Waals surface area contributed by atoms with Crippen LogP contribution in [0, 0.1) is 6.92 Å². The average molecular weight is 391 g/mol. The Hall–Kier alpha value is -3.15. The summed E-state index contributed by atoms with van der Waals surface area (Å²) in [5.74, 6) is -0.284. The van der Waals surface area contributed by atoms with Crippen LogP contribution in [0.2, 0.25) is 0 Å². The molecule has 1 atom stereocenters. The molecule has 1 fully saturated rings. The second-order valence-electron chi connectivity index (χ2n) is 7.68. The van der Waals surface area contributed by atoms with Crippen LogP contribution in [-0.4, -0.2) is 30.3 Å². The predicted molar refractivity (Wildman–Crippen MR) is 112 cm³/mol. The molecule has 2 heterocycles. The third kappa shape index (κ3) is 3.50. The second-order valence-corrected chi connectivity index (χ2v) is 7.68. The highest BCUT2D eigenvalue weighted by Crippen LogP contribution is 2.41. The maximum atomic E-state index is 13.0. The molecule has 29 heavy (non-hydrogen) atoms. The van der Waals surface area contributed by atoms with E-state index in [4.69, 9.17) is 0 Å². The van der Waals surface area contributed by atoms with Crippen LogP contribution in [0.25, 0.3) is 0 Å². The number of carbonyl (C=O) groups excluding carboxylic acids is 3. The molecule has 150 valence electrons. The van der Waals surface area contributed by atoms with E-state index in [1.54, 1.807) is 28.0 Å². The van der Waals surface area contributed by atoms with Crippen molar-refractivity contribution in [3.8, 4) is 0 Å². The van der Waals surface area contributed by atoms with Gasteiger partial charge in [-0.3, -0.25) is 19.3 Å². The lowest BCUT2D eigenvalue weighted by Gasteiger charge is -2.38. The fourth-order valence-electron chi connectivity index (χ4n) is 4.16. The van der Waals surface area contributed by atoms with Gasteiger partial charge in [0.1, 0.15) is 6.04 Å². The minimum absolute atomic E-state index is 0.0302. The Morgan fingerprint density at radius 1 is 1.14 bits per heavy atom. The van der Waals surface area contributed by atoms with E-state index in [-0.39, 0.29) is 17.7 Å². The number of nitrogens with zero attached hydrogens (tertiary/aromatic N) is 2. The minimum atomic E-state index is -0.414. The largest absolute Gasteiger partial charge is 0.348 e. The summed E-state index contributed by atoms with van der Waals surface area (Å²) in [5, 5.41) is 2.94. The Labute approximate surface area is 170 Å². The number of nitrogens with one attached hydrogen (secondary N) is 1. The molecule has 6 heteroatoms. The third-order valence-electron chi connectivity index (χ3n) is 5.53. The van der Waals surface area contributed by atoms with Gasteiger partial charge in [-0.05, 0) is 43.5 Å². The summed E-state index contributed by atoms with van der Waals surface area (Å²) in [6.45, 7) is 5.03. The van der Waals surface area contributed by atoms with Crippen molar-refractivity contribution < 1.29 is 14.4 Å². The first-order valence-electron chi connectivity index (χ1n) is 10.1. The Kier molecular flexibility index (Phi) is 5.09. The van der Waals surface area contributed by atoms with E-state index in [1.807, 2.05) is 38.1 Å². The topological polar surface area (TPSA) is 69.7 Å². The maximum Gasteiger partial charge on any atom is 0.251 e. The van der Waals surface area contributed by atoms with Gasteiger partial charge in [0.2, 0.25) is 11.8 Å². The van der Waals surface area contributed by atoms with E-state index < -0.39 is 6.04 Å². The summed E-state index contributed by atoms with van der Waals surface area (Å²) >= 11 is 0. The number of fused-ring (bicyclic) bond motifs is 3. The molecule has 2 aromatic rings. The van der Waals surface area contributed by atoms with Crippen LogP contribution in [0.4, 0.5) is 11.4 Å². The van der Waals surface area contributed by atoms with Crippen LogP contribution in [0.5, 0.6) is 0 Å². The molecule has 2 aliphatic rings. The molecule has 0 saturated carbocycles. The Morgan fingerprint density at radius 2 is 1.97 bits per heavy atom. The lowest BCUT2D eigenvalue weighted by molar-refractivity contribution is -0.122. The summed E-state index contributed by atoms with van der Waals surface area (Å²) < 4.78 is 0. The van der Waals surface area contributed by atoms with Crippen LogP contribution in [0.3, 0.4) is 0 Å². The van der Waals surface area contributed by atoms with Gasteiger partial charge in [-0.15, -0.1) is 0 Å². The first-order chi connectivity index (χ1) is 14.0. The van der Waals surface area contributed by atoms with Gasteiger partial charge in [-0.25, -0.2) is 0 Å². The zero-order valence-electron chi connectivity index (χ0n) is 16.8. The summed E-state index contributed by atoms with van der Waals surface area (Å²) in [5.41, 5.74) is 4.02. The van der Waals surface area contributed by atoms with Crippen molar-refractivity contribution in [3.05, 3.63) is 59.2 Å². The van der Waals surface area contributed by atoms with Crippen molar-refractivity contribution in [1.82, 2.24) is 5.32 Å². The molecular weight excluding hydrogens is 366 g/mol. The number of anilines is 2. The first-order valence-corrected chi connectivity index (χ1v) is 10.1. The molecule has 0 bridgehead atoms. The van der Waals surface area contributed by atoms with E-state index in [0.29, 0.717) is 37.2 Å². The molecule has 1 saturated heterocycles. The van der Waals surface area contributed by atoms with Gasteiger partial charge in [0.15, 0.2) is 0 Å². The van der Waals surface area contributed by atoms with Gasteiger partial charge >= 0.3 is 0 Å². The van der Waals surface area contributed by atoms with Crippen LogP contribution in [0.1, 0.15) is 47.7 Å². The number of benzene rings is 2. The van der Waals surface area contributed by atoms with Crippen LogP contribution < -0.4 is 15.1 Å². The molecule has 1 unspecified atom stereocenters. The summed E-state index contributed by atoms with van der Waals surface area (Å²) in [6, 6.07) is 12.8. The number of hydrogen-bond donors (Lipinski definition) is 1. The zero-order valence-corrected chi connectivity index (χ0v) is 16.8. The second kappa shape index (κ2) is 7.70. The summed E-state index contributed by atoms with van der Waals surface area (Å²) in [7, 11) is 0. The van der Waals surface area contributed by atoms with Crippen LogP contribution >= 0.6 is 0 Å². The Morgan fingerprint density at radius 3 is 2.72 bits per heavy atom. The number of amides is 3. The standard InChI is InChI=1S/C23H25N3O3/c1-3-11-25-20-13-17(22(28)24-14-16-6-4-5-15(2)12-16)7-8-18(20)26-19(23(25)29)9-10-21(26)27/h4-8,12-13,19H,3,9-11,14H2,1-2H3,(H,24,28). The maximum absolute atomic E-state index is 13.0. The van der Waals surface area contributed by atoms with Crippen molar-refractivity contribution in [1.29, 1.82) is 0 Å². The molecule has 1 N–H and O–H groups in total. The lowest BCUT2D eigenvalue weighted by Crippen LogP contribution is -2.52. The normalized spacial score (nSPS) is 17.9. The number of rotatable bonds is 5. The molecule has 0 radical (unpaired) electrons. The quantitative estimate of drug-likeness (QED) is 0.851. The summed E-state index contributed by atoms with van der Waals surface area (Å²) in [6.07, 6.45) is 1.74. The fraction of sp³-hybridized carbons (Fsp3) is 0.348. The first kappa shape index (κ1) is 19.2. The smallest absolute Gasteiger partial charge is 0.251 e. The van der Waals surface area contributed by atoms with Gasteiger partial charge in [0.25, 0.3) is 5.91 Å². The predicted octanol–water partition coefficient (Wildman–Crippen LogP) is 3.18. The molecule has 3 amide bonds. The van der Waals surface area contributed by atoms with Crippen LogP contribution in [-0.2, 0) is 16.1 Å². The minimum Gasteiger partial charge on any atom is -0.348 e. The fourth-order valence-corrected chi connectivity index (χ4v) is 4.16. The van der Waals surface area contributed by atoms with Gasteiger partial charge < -0.3 is 10.2 Å². The van der Waals surface area contributed by atoms with E-state index in [9.17, 15) is 14.4 Å². The molecule has 0 aromatic heterocycles. The number of aryl methyl sites for hydroxylation is 1. The van der Waals surface area contributed by atoms with Crippen molar-refractivity contribution in [3.63, 3.8) is 0 Å². The van der Waals surface area contributed by atoms with Gasteiger partial charge in [0.05, 0.1) is 11.4 Å². The van der Waals surface area contributed by atoms with Gasteiger partial charge in [0, 0.05) is 25.1 Å². The molecule has 0 spiro atoms. The number of carbonyl (C=O) groups is 3. The van der Waals surface area contributed by atoms with E-state index in [0.717, 1.165) is 23.2 Å². The average Bonchev–Trinajstić information content (AvgIpc) is 3.11. The Bertz CT molecular complexity index is 985. The van der Waals surface area contributed by atoms with E-state index in [1.165, 1.54) is 0 Å². The molecule has 0 aliphatic carbocycles. The number of hydrogen-bond acceptors (Lipinski definition) is 3. The third-order valence-corrected chi connectivity index (χ3v) is 5.53. The van der Waals surface area contributed by atoms with Crippen molar-refractivity contribution in [2.24, 2.45) is 0 Å². The monoisotopic (exact) mass is 391 g/mol. The highest BCUT2D eigenvalue weighted by molar-refractivity contribution is 6.15. The molecule has 6 nitrogen and oxygen atoms in total. The molecule has 2 aliphatic heterocycles. The van der Waals surface area contributed by atoms with Crippen molar-refractivity contribution >= 4 is 29.1 Å². The van der Waals surface area contributed by atoms with Gasteiger partial charge in [-0.1, -0.05) is 36.8 Å². The zero-order chi connectivity index (χ0) is 20.5. The SMILES string of the molecule is CCCN1C(=O)C2CCC(=O)N2c2ccc(C(=O)NCc3cccc(C)c3)cc21. The van der Waals surface area contributed by atoms with Gasteiger partial charge in [-0.2, -0.15) is 0 Å². The molecule has 2 aromatic carbocycles.